The molecule has 1 atom stereocenters. The topological polar surface area (TPSA) is 13.1 Å². The first-order valence-corrected chi connectivity index (χ1v) is 22.7. The molecule has 1 nitrogen and oxygen atoms in total. The van der Waals surface area contributed by atoms with Crippen LogP contribution in [-0.4, -0.2) is 0 Å². The molecule has 1 aliphatic rings. The largest absolute Gasteiger partial charge is 0.456 e. The van der Waals surface area contributed by atoms with Crippen molar-refractivity contribution in [2.45, 2.75) is 25.2 Å². The van der Waals surface area contributed by atoms with Gasteiger partial charge in [-0.05, 0) is 125 Å². The first kappa shape index (κ1) is 38.7. The number of para-hydroxylation sites is 1. The maximum absolute atomic E-state index is 6.18. The normalized spacial score (nSPS) is 13.1. The van der Waals surface area contributed by atoms with Crippen molar-refractivity contribution in [2.75, 3.05) is 0 Å². The van der Waals surface area contributed by atoms with E-state index in [4.69, 9.17) is 4.42 Å². The van der Waals surface area contributed by atoms with Gasteiger partial charge in [0.2, 0.25) is 0 Å². The van der Waals surface area contributed by atoms with Crippen LogP contribution in [-0.2, 0) is 5.41 Å². The molecule has 0 amide bonds. The Bertz CT molecular complexity index is 3520. The van der Waals surface area contributed by atoms with Crippen molar-refractivity contribution in [3.05, 3.63) is 264 Å². The maximum Gasteiger partial charge on any atom is 0.135 e. The van der Waals surface area contributed by atoms with Gasteiger partial charge in [-0.25, -0.2) is 0 Å². The van der Waals surface area contributed by atoms with Crippen molar-refractivity contribution < 1.29 is 4.42 Å². The minimum atomic E-state index is -0.197. The summed E-state index contributed by atoms with van der Waals surface area (Å²) in [6, 6.07) is 86.8. The smallest absolute Gasteiger partial charge is 0.135 e. The molecule has 0 spiro atoms. The Morgan fingerprint density at radius 3 is 1.32 bits per heavy atom. The van der Waals surface area contributed by atoms with Crippen LogP contribution in [0.1, 0.15) is 47.6 Å². The summed E-state index contributed by atoms with van der Waals surface area (Å²) in [5, 5.41) is 2.30. The highest BCUT2D eigenvalue weighted by Crippen LogP contribution is 2.51. The van der Waals surface area contributed by atoms with E-state index in [9.17, 15) is 0 Å². The molecule has 0 fully saturated rings. The molecule has 1 heteroatoms. The minimum Gasteiger partial charge on any atom is -0.456 e. The van der Waals surface area contributed by atoms with Crippen LogP contribution in [0.4, 0.5) is 0 Å². The lowest BCUT2D eigenvalue weighted by Gasteiger charge is -2.25. The monoisotopic (exact) mass is 830 g/mol. The number of rotatable bonds is 8. The van der Waals surface area contributed by atoms with E-state index in [1.807, 2.05) is 12.1 Å². The fourth-order valence-corrected chi connectivity index (χ4v) is 10.3. The standard InChI is InChI=1S/C64H46O/c1-64(2)59-40-53(52-34-37-62-58(39-52)57-18-9-10-19-61(57)65-62)32-35-55(59)56-36-33-54(41-60(56)64)63(48-28-24-46(25-29-48)45-22-20-44(21-23-45)42-12-5-3-6-13-42)49-30-26-47(27-31-49)51-17-11-16-50(38-51)43-14-7-4-8-15-43/h3-41,63H,1-2H3. The molecule has 65 heavy (non-hydrogen) atoms. The lowest BCUT2D eigenvalue weighted by Crippen LogP contribution is -2.16. The summed E-state index contributed by atoms with van der Waals surface area (Å²) in [6.07, 6.45) is 0. The summed E-state index contributed by atoms with van der Waals surface area (Å²) in [6.45, 7) is 4.78. The van der Waals surface area contributed by atoms with Gasteiger partial charge in [0.15, 0.2) is 0 Å². The maximum atomic E-state index is 6.18. The Morgan fingerprint density at radius 2 is 0.692 bits per heavy atom. The SMILES string of the molecule is CC1(C)c2cc(-c3ccc4oc5ccccc5c4c3)ccc2-c2ccc(C(c3ccc(-c4ccc(-c5ccccc5)cc4)cc3)c3ccc(-c4cccc(-c5ccccc5)c4)cc3)cc21. The molecule has 0 saturated heterocycles. The Labute approximate surface area is 380 Å². The van der Waals surface area contributed by atoms with Crippen molar-refractivity contribution >= 4 is 21.9 Å². The molecule has 0 aliphatic heterocycles. The number of hydrogen-bond acceptors (Lipinski definition) is 1. The molecule has 12 rings (SSSR count). The zero-order valence-corrected chi connectivity index (χ0v) is 36.5. The summed E-state index contributed by atoms with van der Waals surface area (Å²) in [4.78, 5) is 0. The molecule has 1 aromatic heterocycles. The number of fused-ring (bicyclic) bond motifs is 6. The fourth-order valence-electron chi connectivity index (χ4n) is 10.3. The van der Waals surface area contributed by atoms with Crippen LogP contribution in [0.15, 0.2) is 241 Å². The van der Waals surface area contributed by atoms with Gasteiger partial charge >= 0.3 is 0 Å². The molecule has 0 N–H and O–H groups in total. The van der Waals surface area contributed by atoms with Gasteiger partial charge in [-0.2, -0.15) is 0 Å². The highest BCUT2D eigenvalue weighted by Gasteiger charge is 2.36. The molecule has 1 heterocycles. The van der Waals surface area contributed by atoms with Crippen LogP contribution in [0.25, 0.3) is 88.7 Å². The van der Waals surface area contributed by atoms with Crippen LogP contribution in [0.3, 0.4) is 0 Å². The fraction of sp³-hybridized carbons (Fsp3) is 0.0625. The highest BCUT2D eigenvalue weighted by atomic mass is 16.3. The van der Waals surface area contributed by atoms with Crippen molar-refractivity contribution in [1.82, 2.24) is 0 Å². The second-order valence-corrected chi connectivity index (χ2v) is 18.1. The van der Waals surface area contributed by atoms with E-state index < -0.39 is 0 Å². The molecule has 10 aromatic carbocycles. The van der Waals surface area contributed by atoms with Crippen molar-refractivity contribution in [1.29, 1.82) is 0 Å². The molecule has 0 radical (unpaired) electrons. The Balaban J connectivity index is 0.910. The quantitative estimate of drug-likeness (QED) is 0.139. The Kier molecular flexibility index (Phi) is 9.31. The number of benzene rings is 10. The zero-order valence-electron chi connectivity index (χ0n) is 36.5. The lowest BCUT2D eigenvalue weighted by atomic mass is 9.78. The van der Waals surface area contributed by atoms with Gasteiger partial charge in [0.25, 0.3) is 0 Å². The van der Waals surface area contributed by atoms with E-state index in [1.165, 1.54) is 94.6 Å². The van der Waals surface area contributed by atoms with Crippen molar-refractivity contribution in [2.24, 2.45) is 0 Å². The van der Waals surface area contributed by atoms with Gasteiger partial charge in [-0.1, -0.05) is 220 Å². The van der Waals surface area contributed by atoms with Crippen LogP contribution < -0.4 is 0 Å². The molecule has 1 unspecified atom stereocenters. The average Bonchev–Trinajstić information content (AvgIpc) is 3.85. The van der Waals surface area contributed by atoms with Crippen LogP contribution >= 0.6 is 0 Å². The summed E-state index contributed by atoms with van der Waals surface area (Å²) in [5.41, 5.74) is 23.0. The van der Waals surface area contributed by atoms with E-state index in [2.05, 4.69) is 238 Å². The molecular formula is C64H46O. The van der Waals surface area contributed by atoms with Gasteiger partial charge in [0, 0.05) is 22.1 Å². The van der Waals surface area contributed by atoms with Crippen molar-refractivity contribution in [3.8, 4) is 66.8 Å². The molecule has 0 bridgehead atoms. The predicted octanol–water partition coefficient (Wildman–Crippen LogP) is 17.4. The van der Waals surface area contributed by atoms with E-state index in [0.29, 0.717) is 0 Å². The molecule has 11 aromatic rings. The van der Waals surface area contributed by atoms with Gasteiger partial charge in [-0.3, -0.25) is 0 Å². The number of hydrogen-bond donors (Lipinski definition) is 0. The second kappa shape index (κ2) is 15.7. The Hall–Kier alpha value is -8.00. The summed E-state index contributed by atoms with van der Waals surface area (Å²) in [5.74, 6) is 0.0334. The average molecular weight is 831 g/mol. The zero-order chi connectivity index (χ0) is 43.5. The van der Waals surface area contributed by atoms with Crippen molar-refractivity contribution in [3.63, 3.8) is 0 Å². The minimum absolute atomic E-state index is 0.0334. The number of furan rings is 1. The van der Waals surface area contributed by atoms with Gasteiger partial charge < -0.3 is 4.42 Å². The first-order chi connectivity index (χ1) is 31.9. The highest BCUT2D eigenvalue weighted by molar-refractivity contribution is 6.06. The summed E-state index contributed by atoms with van der Waals surface area (Å²) in [7, 11) is 0. The molecule has 308 valence electrons. The summed E-state index contributed by atoms with van der Waals surface area (Å²) >= 11 is 0. The van der Waals surface area contributed by atoms with Gasteiger partial charge in [-0.15, -0.1) is 0 Å². The first-order valence-electron chi connectivity index (χ1n) is 22.7. The van der Waals surface area contributed by atoms with Gasteiger partial charge in [0.05, 0.1) is 0 Å². The second-order valence-electron chi connectivity index (χ2n) is 18.1. The molecular weight excluding hydrogens is 785 g/mol. The van der Waals surface area contributed by atoms with Crippen LogP contribution in [0.2, 0.25) is 0 Å². The van der Waals surface area contributed by atoms with E-state index in [1.54, 1.807) is 0 Å². The summed E-state index contributed by atoms with van der Waals surface area (Å²) < 4.78 is 6.18. The lowest BCUT2D eigenvalue weighted by molar-refractivity contribution is 0.659. The van der Waals surface area contributed by atoms with Crippen LogP contribution in [0.5, 0.6) is 0 Å². The van der Waals surface area contributed by atoms with Gasteiger partial charge in [0.1, 0.15) is 11.2 Å². The van der Waals surface area contributed by atoms with E-state index in [-0.39, 0.29) is 11.3 Å². The molecule has 0 saturated carbocycles. The third kappa shape index (κ3) is 6.89. The molecule has 1 aliphatic carbocycles. The van der Waals surface area contributed by atoms with E-state index in [0.717, 1.165) is 21.9 Å². The Morgan fingerprint density at radius 1 is 0.292 bits per heavy atom. The third-order valence-electron chi connectivity index (χ3n) is 13.9. The third-order valence-corrected chi connectivity index (χ3v) is 13.9. The van der Waals surface area contributed by atoms with E-state index >= 15 is 0 Å². The van der Waals surface area contributed by atoms with Crippen LogP contribution in [0, 0.1) is 0 Å². The predicted molar refractivity (Wildman–Crippen MR) is 272 cm³/mol.